The van der Waals surface area contributed by atoms with Crippen molar-refractivity contribution in [2.24, 2.45) is 0 Å². The van der Waals surface area contributed by atoms with E-state index in [0.717, 1.165) is 17.6 Å². The molecule has 94 valence electrons. The van der Waals surface area contributed by atoms with E-state index in [-0.39, 0.29) is 12.5 Å². The van der Waals surface area contributed by atoms with Crippen molar-refractivity contribution in [1.29, 1.82) is 0 Å². The maximum Gasteiger partial charge on any atom is 0.257 e. The lowest BCUT2D eigenvalue weighted by atomic mass is 10.1. The molecular weight excluding hydrogens is 226 g/mol. The average Bonchev–Trinajstić information content (AvgIpc) is 2.42. The molecule has 0 saturated carbocycles. The SMILES string of the molecule is CCCNC(=O)COc1ccc2ccccc2c1. The maximum atomic E-state index is 11.4. The number of ether oxygens (including phenoxy) is 1. The summed E-state index contributed by atoms with van der Waals surface area (Å²) in [4.78, 5) is 11.4. The normalized spacial score (nSPS) is 10.3. The van der Waals surface area contributed by atoms with E-state index in [1.807, 2.05) is 49.4 Å². The molecule has 0 aliphatic rings. The number of nitrogens with one attached hydrogen (secondary N) is 1. The Bertz CT molecular complexity index is 537. The fourth-order valence-corrected chi connectivity index (χ4v) is 1.72. The Balaban J connectivity index is 1.97. The summed E-state index contributed by atoms with van der Waals surface area (Å²) in [6.07, 6.45) is 0.932. The highest BCUT2D eigenvalue weighted by molar-refractivity contribution is 5.84. The largest absolute Gasteiger partial charge is 0.484 e. The van der Waals surface area contributed by atoms with Crippen LogP contribution in [0.2, 0.25) is 0 Å². The zero-order valence-corrected chi connectivity index (χ0v) is 10.5. The van der Waals surface area contributed by atoms with Gasteiger partial charge in [-0.25, -0.2) is 0 Å². The molecule has 0 aromatic heterocycles. The third kappa shape index (κ3) is 3.23. The monoisotopic (exact) mass is 243 g/mol. The standard InChI is InChI=1S/C15H17NO2/c1-2-9-16-15(17)11-18-14-8-7-12-5-3-4-6-13(12)10-14/h3-8,10H,2,9,11H2,1H3,(H,16,17). The van der Waals surface area contributed by atoms with Gasteiger partial charge in [-0.05, 0) is 29.3 Å². The zero-order valence-electron chi connectivity index (χ0n) is 10.5. The summed E-state index contributed by atoms with van der Waals surface area (Å²) in [5.41, 5.74) is 0. The number of hydrogen-bond acceptors (Lipinski definition) is 2. The second-order valence-corrected chi connectivity index (χ2v) is 4.15. The van der Waals surface area contributed by atoms with Gasteiger partial charge in [0, 0.05) is 6.54 Å². The van der Waals surface area contributed by atoms with Gasteiger partial charge in [-0.15, -0.1) is 0 Å². The van der Waals surface area contributed by atoms with E-state index >= 15 is 0 Å². The molecule has 0 bridgehead atoms. The van der Waals surface area contributed by atoms with Crippen molar-refractivity contribution in [2.75, 3.05) is 13.2 Å². The van der Waals surface area contributed by atoms with Gasteiger partial charge in [-0.3, -0.25) is 4.79 Å². The summed E-state index contributed by atoms with van der Waals surface area (Å²) in [7, 11) is 0. The summed E-state index contributed by atoms with van der Waals surface area (Å²) < 4.78 is 5.46. The predicted octanol–water partition coefficient (Wildman–Crippen LogP) is 2.74. The van der Waals surface area contributed by atoms with E-state index < -0.39 is 0 Å². The fourth-order valence-electron chi connectivity index (χ4n) is 1.72. The smallest absolute Gasteiger partial charge is 0.257 e. The van der Waals surface area contributed by atoms with Crippen LogP contribution in [0.1, 0.15) is 13.3 Å². The highest BCUT2D eigenvalue weighted by Gasteiger charge is 2.02. The van der Waals surface area contributed by atoms with Crippen molar-refractivity contribution < 1.29 is 9.53 Å². The van der Waals surface area contributed by atoms with E-state index in [9.17, 15) is 4.79 Å². The van der Waals surface area contributed by atoms with Crippen LogP contribution in [0.15, 0.2) is 42.5 Å². The minimum atomic E-state index is -0.0787. The van der Waals surface area contributed by atoms with Crippen LogP contribution in [0.4, 0.5) is 0 Å². The highest BCUT2D eigenvalue weighted by atomic mass is 16.5. The Morgan fingerprint density at radius 3 is 2.72 bits per heavy atom. The third-order valence-electron chi connectivity index (χ3n) is 2.66. The van der Waals surface area contributed by atoms with E-state index in [0.29, 0.717) is 6.54 Å². The molecule has 0 heterocycles. The van der Waals surface area contributed by atoms with Gasteiger partial charge in [0.1, 0.15) is 5.75 Å². The summed E-state index contributed by atoms with van der Waals surface area (Å²) in [6, 6.07) is 13.9. The molecule has 0 aliphatic carbocycles. The van der Waals surface area contributed by atoms with Crippen molar-refractivity contribution in [2.45, 2.75) is 13.3 Å². The number of amides is 1. The molecule has 0 saturated heterocycles. The van der Waals surface area contributed by atoms with Gasteiger partial charge in [0.25, 0.3) is 5.91 Å². The second kappa shape index (κ2) is 6.05. The average molecular weight is 243 g/mol. The molecule has 0 radical (unpaired) electrons. The van der Waals surface area contributed by atoms with Gasteiger partial charge < -0.3 is 10.1 Å². The molecule has 18 heavy (non-hydrogen) atoms. The van der Waals surface area contributed by atoms with Crippen LogP contribution in [0.5, 0.6) is 5.75 Å². The maximum absolute atomic E-state index is 11.4. The number of benzene rings is 2. The molecule has 0 aliphatic heterocycles. The molecule has 0 atom stereocenters. The summed E-state index contributed by atoms with van der Waals surface area (Å²) in [6.45, 7) is 2.78. The summed E-state index contributed by atoms with van der Waals surface area (Å²) >= 11 is 0. The Kier molecular flexibility index (Phi) is 4.18. The van der Waals surface area contributed by atoms with Gasteiger partial charge in [0.2, 0.25) is 0 Å². The first-order valence-electron chi connectivity index (χ1n) is 6.18. The molecule has 2 rings (SSSR count). The van der Waals surface area contributed by atoms with Crippen LogP contribution >= 0.6 is 0 Å². The van der Waals surface area contributed by atoms with Crippen molar-refractivity contribution in [3.63, 3.8) is 0 Å². The van der Waals surface area contributed by atoms with Crippen LogP contribution in [-0.4, -0.2) is 19.1 Å². The molecule has 2 aromatic rings. The number of carbonyl (C=O) groups is 1. The Morgan fingerprint density at radius 2 is 1.94 bits per heavy atom. The topological polar surface area (TPSA) is 38.3 Å². The second-order valence-electron chi connectivity index (χ2n) is 4.15. The van der Waals surface area contributed by atoms with Gasteiger partial charge in [0.05, 0.1) is 0 Å². The van der Waals surface area contributed by atoms with Crippen molar-refractivity contribution in [3.05, 3.63) is 42.5 Å². The quantitative estimate of drug-likeness (QED) is 0.877. The zero-order chi connectivity index (χ0) is 12.8. The van der Waals surface area contributed by atoms with E-state index in [1.54, 1.807) is 0 Å². The molecule has 0 spiro atoms. The lowest BCUT2D eigenvalue weighted by Crippen LogP contribution is -2.29. The highest BCUT2D eigenvalue weighted by Crippen LogP contribution is 2.20. The van der Waals surface area contributed by atoms with Crippen LogP contribution < -0.4 is 10.1 Å². The molecule has 3 heteroatoms. The van der Waals surface area contributed by atoms with Crippen LogP contribution in [0.3, 0.4) is 0 Å². The minimum Gasteiger partial charge on any atom is -0.484 e. The molecular formula is C15H17NO2. The fraction of sp³-hybridized carbons (Fsp3) is 0.267. The number of rotatable bonds is 5. The molecule has 0 unspecified atom stereocenters. The molecule has 1 N–H and O–H groups in total. The first-order chi connectivity index (χ1) is 8.79. The van der Waals surface area contributed by atoms with Crippen molar-refractivity contribution >= 4 is 16.7 Å². The van der Waals surface area contributed by atoms with Gasteiger partial charge in [-0.1, -0.05) is 37.3 Å². The number of carbonyl (C=O) groups excluding carboxylic acids is 1. The molecule has 0 fully saturated rings. The lowest BCUT2D eigenvalue weighted by Gasteiger charge is -2.07. The van der Waals surface area contributed by atoms with Gasteiger partial charge in [-0.2, -0.15) is 0 Å². The lowest BCUT2D eigenvalue weighted by molar-refractivity contribution is -0.123. The number of hydrogen-bond donors (Lipinski definition) is 1. The van der Waals surface area contributed by atoms with Gasteiger partial charge in [0.15, 0.2) is 6.61 Å². The molecule has 3 nitrogen and oxygen atoms in total. The van der Waals surface area contributed by atoms with Crippen molar-refractivity contribution in [1.82, 2.24) is 5.32 Å². The first-order valence-corrected chi connectivity index (χ1v) is 6.18. The Labute approximate surface area is 107 Å². The van der Waals surface area contributed by atoms with E-state index in [4.69, 9.17) is 4.74 Å². The van der Waals surface area contributed by atoms with E-state index in [2.05, 4.69) is 5.32 Å². The van der Waals surface area contributed by atoms with Gasteiger partial charge >= 0.3 is 0 Å². The third-order valence-corrected chi connectivity index (χ3v) is 2.66. The first kappa shape index (κ1) is 12.4. The summed E-state index contributed by atoms with van der Waals surface area (Å²) in [5.74, 6) is 0.644. The van der Waals surface area contributed by atoms with Crippen LogP contribution in [0, 0.1) is 0 Å². The van der Waals surface area contributed by atoms with Crippen LogP contribution in [-0.2, 0) is 4.79 Å². The number of fused-ring (bicyclic) bond motifs is 1. The van der Waals surface area contributed by atoms with E-state index in [1.165, 1.54) is 5.39 Å². The molecule has 1 amide bonds. The Hall–Kier alpha value is -2.03. The van der Waals surface area contributed by atoms with Crippen LogP contribution in [0.25, 0.3) is 10.8 Å². The predicted molar refractivity (Wildman–Crippen MR) is 72.7 cm³/mol. The van der Waals surface area contributed by atoms with Crippen molar-refractivity contribution in [3.8, 4) is 5.75 Å². The minimum absolute atomic E-state index is 0.0678. The molecule has 2 aromatic carbocycles. The summed E-state index contributed by atoms with van der Waals surface area (Å²) in [5, 5.41) is 5.06. The Morgan fingerprint density at radius 1 is 1.17 bits per heavy atom.